The molecule has 1 unspecified atom stereocenters. The first-order valence-electron chi connectivity index (χ1n) is 12.8. The van der Waals surface area contributed by atoms with Crippen molar-refractivity contribution in [3.63, 3.8) is 0 Å². The number of nitrogens with zero attached hydrogens (tertiary/aromatic N) is 4. The predicted molar refractivity (Wildman–Crippen MR) is 136 cm³/mol. The summed E-state index contributed by atoms with van der Waals surface area (Å²) in [5.41, 5.74) is 3.48. The van der Waals surface area contributed by atoms with Crippen LogP contribution in [0.2, 0.25) is 0 Å². The minimum Gasteiger partial charge on any atom is -0.342 e. The Morgan fingerprint density at radius 1 is 0.811 bits per heavy atom. The van der Waals surface area contributed by atoms with Crippen molar-refractivity contribution in [3.8, 4) is 0 Å². The van der Waals surface area contributed by atoms with E-state index in [4.69, 9.17) is 0 Å². The smallest absolute Gasteiger partial charge is 0.260 e. The second kappa shape index (κ2) is 8.16. The number of benzene rings is 2. The summed E-state index contributed by atoms with van der Waals surface area (Å²) in [5.74, 6) is 0.0853. The maximum Gasteiger partial charge on any atom is 0.260 e. The molecule has 1 fully saturated rings. The molecule has 4 aliphatic heterocycles. The van der Waals surface area contributed by atoms with E-state index >= 15 is 0 Å². The van der Waals surface area contributed by atoms with Crippen LogP contribution in [0.1, 0.15) is 56.9 Å². The van der Waals surface area contributed by atoms with Gasteiger partial charge < -0.3 is 14.4 Å². The van der Waals surface area contributed by atoms with Crippen LogP contribution in [-0.4, -0.2) is 51.7 Å². The molecule has 0 saturated carbocycles. The van der Waals surface area contributed by atoms with Crippen molar-refractivity contribution in [1.82, 2.24) is 14.4 Å². The first-order valence-corrected chi connectivity index (χ1v) is 12.8. The molecule has 5 heterocycles. The minimum atomic E-state index is -0.557. The Morgan fingerprint density at radius 3 is 2.46 bits per heavy atom. The van der Waals surface area contributed by atoms with Crippen LogP contribution in [-0.2, 0) is 11.3 Å². The van der Waals surface area contributed by atoms with Crippen LogP contribution in [0.5, 0.6) is 0 Å². The van der Waals surface area contributed by atoms with Crippen LogP contribution in [0.15, 0.2) is 71.5 Å². The highest BCUT2D eigenvalue weighted by molar-refractivity contribution is 6.16. The van der Waals surface area contributed by atoms with Gasteiger partial charge in [-0.1, -0.05) is 36.4 Å². The highest BCUT2D eigenvalue weighted by atomic mass is 16.2. The predicted octanol–water partition coefficient (Wildman–Crippen LogP) is 3.00. The minimum absolute atomic E-state index is 0.00255. The highest BCUT2D eigenvalue weighted by Gasteiger charge is 2.47. The second-order valence-electron chi connectivity index (χ2n) is 10.4. The average molecular weight is 495 g/mol. The van der Waals surface area contributed by atoms with E-state index in [1.54, 1.807) is 40.1 Å². The van der Waals surface area contributed by atoms with E-state index in [0.29, 0.717) is 36.4 Å². The number of rotatable bonds is 3. The summed E-state index contributed by atoms with van der Waals surface area (Å²) < 4.78 is 1.85. The molecule has 8 heteroatoms. The van der Waals surface area contributed by atoms with Crippen LogP contribution in [0.25, 0.3) is 0 Å². The van der Waals surface area contributed by atoms with Crippen molar-refractivity contribution in [3.05, 3.63) is 99.5 Å². The normalized spacial score (nSPS) is 23.4. The van der Waals surface area contributed by atoms with E-state index in [0.717, 1.165) is 17.7 Å². The number of para-hydroxylation sites is 1. The molecule has 1 aromatic heterocycles. The lowest BCUT2D eigenvalue weighted by Gasteiger charge is -2.43. The summed E-state index contributed by atoms with van der Waals surface area (Å²) in [6.07, 6.45) is 0.596. The standard InChI is InChI=1S/C29H26N4O4/c34-25(30-15-18-14-19(17-30)23-10-5-11-26(35)32(23)16-18)12-13-31-27-20-6-1-2-7-21(20)29(37)33(27)24-9-4-3-8-22(24)28(31)36/h1-11,18-19,27H,12-17H2/t18-,19+,27?/m1/s1. The van der Waals surface area contributed by atoms with Gasteiger partial charge in [-0.15, -0.1) is 0 Å². The van der Waals surface area contributed by atoms with Crippen molar-refractivity contribution < 1.29 is 14.4 Å². The van der Waals surface area contributed by atoms with Crippen molar-refractivity contribution in [1.29, 1.82) is 0 Å². The zero-order valence-electron chi connectivity index (χ0n) is 20.2. The summed E-state index contributed by atoms with van der Waals surface area (Å²) >= 11 is 0. The van der Waals surface area contributed by atoms with E-state index < -0.39 is 6.17 Å². The fourth-order valence-corrected chi connectivity index (χ4v) is 6.67. The summed E-state index contributed by atoms with van der Waals surface area (Å²) in [6.45, 7) is 2.04. The fraction of sp³-hybridized carbons (Fsp3) is 0.310. The number of carbonyl (C=O) groups is 3. The average Bonchev–Trinajstić information content (AvgIpc) is 3.21. The summed E-state index contributed by atoms with van der Waals surface area (Å²) in [7, 11) is 0. The first kappa shape index (κ1) is 22.0. The van der Waals surface area contributed by atoms with E-state index in [2.05, 4.69) is 0 Å². The van der Waals surface area contributed by atoms with Crippen LogP contribution in [0, 0.1) is 5.92 Å². The molecule has 0 spiro atoms. The third-order valence-electron chi connectivity index (χ3n) is 8.28. The molecular weight excluding hydrogens is 468 g/mol. The molecule has 37 heavy (non-hydrogen) atoms. The number of pyridine rings is 1. The molecule has 7 rings (SSSR count). The van der Waals surface area contributed by atoms with Crippen molar-refractivity contribution >= 4 is 23.4 Å². The van der Waals surface area contributed by atoms with Gasteiger partial charge >= 0.3 is 0 Å². The Balaban J connectivity index is 1.15. The summed E-state index contributed by atoms with van der Waals surface area (Å²) in [5, 5.41) is 0. The number of anilines is 1. The van der Waals surface area contributed by atoms with Crippen molar-refractivity contribution in [2.75, 3.05) is 24.5 Å². The topological polar surface area (TPSA) is 82.9 Å². The van der Waals surface area contributed by atoms with Crippen molar-refractivity contribution in [2.45, 2.75) is 31.5 Å². The lowest BCUT2D eigenvalue weighted by molar-refractivity contribution is -0.134. The molecule has 2 bridgehead atoms. The molecule has 8 nitrogen and oxygen atoms in total. The molecule has 1 saturated heterocycles. The Hall–Kier alpha value is -4.20. The van der Waals surface area contributed by atoms with Gasteiger partial charge in [0.2, 0.25) is 5.91 Å². The molecule has 4 aliphatic rings. The third-order valence-corrected chi connectivity index (χ3v) is 8.28. The van der Waals surface area contributed by atoms with Gasteiger partial charge in [-0.25, -0.2) is 0 Å². The monoisotopic (exact) mass is 494 g/mol. The van der Waals surface area contributed by atoms with E-state index in [1.807, 2.05) is 45.9 Å². The highest BCUT2D eigenvalue weighted by Crippen LogP contribution is 2.45. The van der Waals surface area contributed by atoms with Crippen LogP contribution in [0.3, 0.4) is 0 Å². The number of aromatic nitrogens is 1. The van der Waals surface area contributed by atoms with Crippen LogP contribution < -0.4 is 10.5 Å². The molecule has 0 N–H and O–H groups in total. The molecule has 3 amide bonds. The molecule has 3 atom stereocenters. The van der Waals surface area contributed by atoms with Gasteiger partial charge in [0, 0.05) is 61.4 Å². The Bertz CT molecular complexity index is 1530. The Morgan fingerprint density at radius 2 is 1.59 bits per heavy atom. The SMILES string of the molecule is O=C(CCN1C(=O)c2ccccc2N2C(=O)c3ccccc3C12)N1C[C@H]2C[C@@H](C1)c1cccc(=O)n1C2. The zero-order valence-corrected chi connectivity index (χ0v) is 20.2. The number of carbonyl (C=O) groups excluding carboxylic acids is 3. The molecule has 2 aromatic carbocycles. The number of fused-ring (bicyclic) bond motifs is 9. The molecular formula is C29H26N4O4. The van der Waals surface area contributed by atoms with Gasteiger partial charge in [-0.05, 0) is 36.6 Å². The number of piperidine rings is 1. The molecule has 0 aliphatic carbocycles. The van der Waals surface area contributed by atoms with Gasteiger partial charge in [0.25, 0.3) is 17.4 Å². The molecule has 186 valence electrons. The Kier molecular flexibility index (Phi) is 4.86. The number of hydrogen-bond acceptors (Lipinski definition) is 4. The number of hydrogen-bond donors (Lipinski definition) is 0. The van der Waals surface area contributed by atoms with Gasteiger partial charge in [0.15, 0.2) is 0 Å². The quantitative estimate of drug-likeness (QED) is 0.561. The van der Waals surface area contributed by atoms with Gasteiger partial charge in [-0.3, -0.25) is 24.1 Å². The fourth-order valence-electron chi connectivity index (χ4n) is 6.67. The zero-order chi connectivity index (χ0) is 25.3. The summed E-state index contributed by atoms with van der Waals surface area (Å²) in [6, 6.07) is 19.9. The van der Waals surface area contributed by atoms with Crippen molar-refractivity contribution in [2.24, 2.45) is 5.92 Å². The van der Waals surface area contributed by atoms with Gasteiger partial charge in [0.05, 0.1) is 11.3 Å². The lowest BCUT2D eigenvalue weighted by atomic mass is 9.83. The second-order valence-corrected chi connectivity index (χ2v) is 10.4. The van der Waals surface area contributed by atoms with Crippen LogP contribution >= 0.6 is 0 Å². The van der Waals surface area contributed by atoms with Crippen LogP contribution in [0.4, 0.5) is 5.69 Å². The Labute approximate surface area is 213 Å². The summed E-state index contributed by atoms with van der Waals surface area (Å²) in [4.78, 5) is 58.0. The molecule has 0 radical (unpaired) electrons. The van der Waals surface area contributed by atoms with Gasteiger partial charge in [0.1, 0.15) is 6.17 Å². The van der Waals surface area contributed by atoms with E-state index in [-0.39, 0.29) is 48.1 Å². The number of likely N-dealkylation sites (tertiary alicyclic amines) is 1. The number of amides is 3. The van der Waals surface area contributed by atoms with Gasteiger partial charge in [-0.2, -0.15) is 0 Å². The molecule has 3 aromatic rings. The maximum atomic E-state index is 13.6. The van der Waals surface area contributed by atoms with E-state index in [1.165, 1.54) is 0 Å². The maximum absolute atomic E-state index is 13.6. The van der Waals surface area contributed by atoms with E-state index in [9.17, 15) is 19.2 Å². The third kappa shape index (κ3) is 3.28. The first-order chi connectivity index (χ1) is 18.0. The largest absolute Gasteiger partial charge is 0.342 e. The lowest BCUT2D eigenvalue weighted by Crippen LogP contribution is -2.51.